The maximum atomic E-state index is 12.8. The van der Waals surface area contributed by atoms with Crippen LogP contribution in [0.2, 0.25) is 0 Å². The number of nitrogens with zero attached hydrogens (tertiary/aromatic N) is 2. The van der Waals surface area contributed by atoms with E-state index >= 15 is 0 Å². The summed E-state index contributed by atoms with van der Waals surface area (Å²) < 4.78 is 12.8. The molecule has 2 aliphatic rings. The highest BCUT2D eigenvalue weighted by atomic mass is 19.1. The first-order valence-electron chi connectivity index (χ1n) is 7.93. The lowest BCUT2D eigenvalue weighted by Gasteiger charge is -2.32. The molecule has 0 aliphatic carbocycles. The maximum Gasteiger partial charge on any atom is 0.238 e. The molecule has 0 saturated carbocycles. The molecule has 2 heterocycles. The summed E-state index contributed by atoms with van der Waals surface area (Å²) in [7, 11) is 0. The molecule has 2 N–H and O–H groups in total. The van der Waals surface area contributed by atoms with E-state index in [2.05, 4.69) is 20.4 Å². The number of carbonyl (C=O) groups excluding carboxylic acids is 1. The third-order valence-corrected chi connectivity index (χ3v) is 4.41. The van der Waals surface area contributed by atoms with Crippen molar-refractivity contribution in [2.45, 2.75) is 12.5 Å². The van der Waals surface area contributed by atoms with Crippen LogP contribution in [0, 0.1) is 5.82 Å². The summed E-state index contributed by atoms with van der Waals surface area (Å²) in [6.45, 7) is 6.63. The van der Waals surface area contributed by atoms with Crippen LogP contribution in [0.15, 0.2) is 24.3 Å². The van der Waals surface area contributed by atoms with Crippen molar-refractivity contribution in [3.63, 3.8) is 0 Å². The van der Waals surface area contributed by atoms with Gasteiger partial charge in [-0.15, -0.1) is 0 Å². The molecule has 1 aromatic carbocycles. The van der Waals surface area contributed by atoms with E-state index in [0.717, 1.165) is 45.7 Å². The number of anilines is 1. The monoisotopic (exact) mass is 306 g/mol. The summed E-state index contributed by atoms with van der Waals surface area (Å²) in [5.41, 5.74) is 0.643. The van der Waals surface area contributed by atoms with Crippen molar-refractivity contribution in [3.05, 3.63) is 30.1 Å². The molecule has 1 atom stereocenters. The minimum atomic E-state index is -0.295. The van der Waals surface area contributed by atoms with E-state index in [-0.39, 0.29) is 11.7 Å². The molecule has 0 spiro atoms. The van der Waals surface area contributed by atoms with Crippen molar-refractivity contribution in [2.75, 3.05) is 51.1 Å². The Balaban J connectivity index is 1.45. The summed E-state index contributed by atoms with van der Waals surface area (Å²) in [6, 6.07) is 6.44. The number of hydrogen-bond acceptors (Lipinski definition) is 4. The van der Waals surface area contributed by atoms with Crippen LogP contribution in [-0.2, 0) is 4.79 Å². The number of carbonyl (C=O) groups is 1. The number of benzene rings is 1. The minimum Gasteiger partial charge on any atom is -0.325 e. The predicted octanol–water partition coefficient (Wildman–Crippen LogP) is 0.744. The van der Waals surface area contributed by atoms with Gasteiger partial charge in [0.05, 0.1) is 6.54 Å². The summed E-state index contributed by atoms with van der Waals surface area (Å²) in [5, 5.41) is 6.19. The van der Waals surface area contributed by atoms with E-state index in [1.807, 2.05) is 0 Å². The van der Waals surface area contributed by atoms with Crippen LogP contribution in [0.3, 0.4) is 0 Å². The molecule has 0 radical (unpaired) electrons. The first-order valence-corrected chi connectivity index (χ1v) is 7.93. The average molecular weight is 306 g/mol. The van der Waals surface area contributed by atoms with Crippen molar-refractivity contribution < 1.29 is 9.18 Å². The van der Waals surface area contributed by atoms with E-state index in [0.29, 0.717) is 18.3 Å². The van der Waals surface area contributed by atoms with Crippen molar-refractivity contribution in [3.8, 4) is 0 Å². The number of amides is 1. The van der Waals surface area contributed by atoms with Crippen molar-refractivity contribution in [2.24, 2.45) is 0 Å². The summed E-state index contributed by atoms with van der Waals surface area (Å²) in [6.07, 6.45) is 1.13. The standard InChI is InChI=1S/C16H23FN4O/c17-13-1-3-14(4-2-13)19-16(22)12-20-8-5-15(11-20)21-9-6-18-7-10-21/h1-4,15,18H,5-12H2,(H,19,22). The molecule has 2 aliphatic heterocycles. The molecular weight excluding hydrogens is 283 g/mol. The van der Waals surface area contributed by atoms with Crippen LogP contribution >= 0.6 is 0 Å². The van der Waals surface area contributed by atoms with Gasteiger partial charge in [0.1, 0.15) is 5.82 Å². The van der Waals surface area contributed by atoms with Crippen LogP contribution in [0.1, 0.15) is 6.42 Å². The molecule has 1 aromatic rings. The van der Waals surface area contributed by atoms with Gasteiger partial charge in [0.15, 0.2) is 0 Å². The molecule has 1 unspecified atom stereocenters. The number of piperazine rings is 1. The third-order valence-electron chi connectivity index (χ3n) is 4.41. The molecular formula is C16H23FN4O. The van der Waals surface area contributed by atoms with Gasteiger partial charge in [-0.2, -0.15) is 0 Å². The summed E-state index contributed by atoms with van der Waals surface area (Å²) >= 11 is 0. The van der Waals surface area contributed by atoms with E-state index in [1.165, 1.54) is 12.1 Å². The van der Waals surface area contributed by atoms with Gasteiger partial charge in [0, 0.05) is 51.0 Å². The second-order valence-corrected chi connectivity index (χ2v) is 6.02. The Morgan fingerprint density at radius 3 is 2.68 bits per heavy atom. The Kier molecular flexibility index (Phi) is 5.02. The van der Waals surface area contributed by atoms with Crippen molar-refractivity contribution >= 4 is 11.6 Å². The maximum absolute atomic E-state index is 12.8. The van der Waals surface area contributed by atoms with E-state index in [1.54, 1.807) is 12.1 Å². The zero-order chi connectivity index (χ0) is 15.4. The van der Waals surface area contributed by atoms with Gasteiger partial charge in [-0.05, 0) is 30.7 Å². The van der Waals surface area contributed by atoms with Gasteiger partial charge in [-0.1, -0.05) is 0 Å². The third kappa shape index (κ3) is 4.03. The van der Waals surface area contributed by atoms with Gasteiger partial charge in [-0.25, -0.2) is 4.39 Å². The molecule has 2 fully saturated rings. The topological polar surface area (TPSA) is 47.6 Å². The molecule has 6 heteroatoms. The fourth-order valence-electron chi connectivity index (χ4n) is 3.24. The highest BCUT2D eigenvalue weighted by molar-refractivity contribution is 5.92. The van der Waals surface area contributed by atoms with E-state index in [9.17, 15) is 9.18 Å². The molecule has 22 heavy (non-hydrogen) atoms. The number of rotatable bonds is 4. The van der Waals surface area contributed by atoms with Crippen molar-refractivity contribution in [1.82, 2.24) is 15.1 Å². The fourth-order valence-corrected chi connectivity index (χ4v) is 3.24. The minimum absolute atomic E-state index is 0.0347. The lowest BCUT2D eigenvalue weighted by Crippen LogP contribution is -2.49. The Hall–Kier alpha value is -1.50. The Bertz CT molecular complexity index is 501. The number of halogens is 1. The summed E-state index contributed by atoms with van der Waals surface area (Å²) in [4.78, 5) is 16.8. The Morgan fingerprint density at radius 1 is 1.23 bits per heavy atom. The first-order chi connectivity index (χ1) is 10.7. The quantitative estimate of drug-likeness (QED) is 0.861. The largest absolute Gasteiger partial charge is 0.325 e. The second kappa shape index (κ2) is 7.17. The van der Waals surface area contributed by atoms with Gasteiger partial charge in [0.25, 0.3) is 0 Å². The lowest BCUT2D eigenvalue weighted by molar-refractivity contribution is -0.117. The Labute approximate surface area is 130 Å². The molecule has 5 nitrogen and oxygen atoms in total. The molecule has 1 amide bonds. The van der Waals surface area contributed by atoms with Crippen LogP contribution in [0.25, 0.3) is 0 Å². The highest BCUT2D eigenvalue weighted by Gasteiger charge is 2.29. The molecule has 0 bridgehead atoms. The SMILES string of the molecule is O=C(CN1CCC(N2CCNCC2)C1)Nc1ccc(F)cc1. The van der Waals surface area contributed by atoms with E-state index in [4.69, 9.17) is 0 Å². The van der Waals surface area contributed by atoms with E-state index < -0.39 is 0 Å². The van der Waals surface area contributed by atoms with Crippen LogP contribution < -0.4 is 10.6 Å². The molecule has 2 saturated heterocycles. The number of likely N-dealkylation sites (tertiary alicyclic amines) is 1. The zero-order valence-corrected chi connectivity index (χ0v) is 12.7. The zero-order valence-electron chi connectivity index (χ0n) is 12.7. The molecule has 0 aromatic heterocycles. The Morgan fingerprint density at radius 2 is 1.95 bits per heavy atom. The normalized spacial score (nSPS) is 23.6. The van der Waals surface area contributed by atoms with Crippen LogP contribution in [0.4, 0.5) is 10.1 Å². The number of hydrogen-bond donors (Lipinski definition) is 2. The molecule has 120 valence electrons. The molecule has 3 rings (SSSR count). The first kappa shape index (κ1) is 15.4. The van der Waals surface area contributed by atoms with Gasteiger partial charge < -0.3 is 10.6 Å². The second-order valence-electron chi connectivity index (χ2n) is 6.02. The number of nitrogens with one attached hydrogen (secondary N) is 2. The van der Waals surface area contributed by atoms with Gasteiger partial charge >= 0.3 is 0 Å². The summed E-state index contributed by atoms with van der Waals surface area (Å²) in [5.74, 6) is -0.330. The van der Waals surface area contributed by atoms with Gasteiger partial charge in [0.2, 0.25) is 5.91 Å². The van der Waals surface area contributed by atoms with Crippen LogP contribution in [0.5, 0.6) is 0 Å². The fraction of sp³-hybridized carbons (Fsp3) is 0.562. The van der Waals surface area contributed by atoms with Gasteiger partial charge in [-0.3, -0.25) is 14.6 Å². The van der Waals surface area contributed by atoms with Crippen molar-refractivity contribution in [1.29, 1.82) is 0 Å². The smallest absolute Gasteiger partial charge is 0.238 e. The lowest BCUT2D eigenvalue weighted by atomic mass is 10.2. The average Bonchev–Trinajstić information content (AvgIpc) is 2.99. The van der Waals surface area contributed by atoms with Crippen LogP contribution in [-0.4, -0.2) is 67.6 Å². The predicted molar refractivity (Wildman–Crippen MR) is 84.3 cm³/mol. The highest BCUT2D eigenvalue weighted by Crippen LogP contribution is 2.16.